The van der Waals surface area contributed by atoms with Crippen LogP contribution in [0.25, 0.3) is 0 Å². The molecule has 0 aromatic heterocycles. The lowest BCUT2D eigenvalue weighted by Gasteiger charge is -2.06. The molecule has 1 amide bonds. The van der Waals surface area contributed by atoms with Gasteiger partial charge in [0.2, 0.25) is 6.41 Å². The van der Waals surface area contributed by atoms with E-state index in [0.717, 1.165) is 19.3 Å². The molecule has 0 aliphatic carbocycles. The van der Waals surface area contributed by atoms with Gasteiger partial charge in [0, 0.05) is 0 Å². The third-order valence-electron chi connectivity index (χ3n) is 1.34. The monoisotopic (exact) mass is 145 g/mol. The predicted molar refractivity (Wildman–Crippen MR) is 39.3 cm³/mol. The molecule has 2 N–H and O–H groups in total. The largest absolute Gasteiger partial charge is 0.374 e. The smallest absolute Gasteiger partial charge is 0.209 e. The van der Waals surface area contributed by atoms with Crippen LogP contribution < -0.4 is 5.32 Å². The lowest BCUT2D eigenvalue weighted by molar-refractivity contribution is -0.112. The van der Waals surface area contributed by atoms with E-state index in [-0.39, 0.29) is 0 Å². The highest BCUT2D eigenvalue weighted by molar-refractivity contribution is 5.46. The zero-order chi connectivity index (χ0) is 7.82. The van der Waals surface area contributed by atoms with Crippen LogP contribution >= 0.6 is 0 Å². The number of hydrogen-bond donors (Lipinski definition) is 2. The molecule has 3 nitrogen and oxygen atoms in total. The fourth-order valence-electron chi connectivity index (χ4n) is 0.750. The second-order valence-electron chi connectivity index (χ2n) is 2.30. The molecule has 1 unspecified atom stereocenters. The first-order chi connectivity index (χ1) is 4.81. The van der Waals surface area contributed by atoms with Gasteiger partial charge in [-0.05, 0) is 12.8 Å². The van der Waals surface area contributed by atoms with Crippen LogP contribution in [0.3, 0.4) is 0 Å². The van der Waals surface area contributed by atoms with E-state index in [9.17, 15) is 4.79 Å². The molecule has 0 aliphatic rings. The molecule has 0 bridgehead atoms. The Morgan fingerprint density at radius 3 is 2.80 bits per heavy atom. The summed E-state index contributed by atoms with van der Waals surface area (Å²) in [6.07, 6.45) is 3.75. The first kappa shape index (κ1) is 9.43. The molecule has 0 spiro atoms. The number of nitrogens with one attached hydrogen (secondary N) is 1. The predicted octanol–water partition coefficient (Wildman–Crippen LogP) is 0.631. The summed E-state index contributed by atoms with van der Waals surface area (Å²) in [5.74, 6) is 0. The van der Waals surface area contributed by atoms with E-state index in [0.29, 0.717) is 12.8 Å². The standard InChI is InChI=1S/C7H15NO2/c1-2-3-4-5-7(10)8-6-9/h6-7,10H,2-5H2,1H3,(H,8,9). The fourth-order valence-corrected chi connectivity index (χ4v) is 0.750. The molecule has 3 heteroatoms. The Bertz CT molecular complexity index is 85.7. The molecular weight excluding hydrogens is 130 g/mol. The van der Waals surface area contributed by atoms with Crippen molar-refractivity contribution in [2.24, 2.45) is 0 Å². The maximum Gasteiger partial charge on any atom is 0.209 e. The quantitative estimate of drug-likeness (QED) is 0.327. The van der Waals surface area contributed by atoms with Crippen molar-refractivity contribution < 1.29 is 9.90 Å². The SMILES string of the molecule is CCCCCC(O)NC=O. The Morgan fingerprint density at radius 1 is 1.60 bits per heavy atom. The van der Waals surface area contributed by atoms with Crippen LogP contribution in [0, 0.1) is 0 Å². The van der Waals surface area contributed by atoms with Gasteiger partial charge in [0.1, 0.15) is 6.23 Å². The summed E-state index contributed by atoms with van der Waals surface area (Å²) < 4.78 is 0. The van der Waals surface area contributed by atoms with Gasteiger partial charge >= 0.3 is 0 Å². The molecule has 60 valence electrons. The van der Waals surface area contributed by atoms with Gasteiger partial charge in [0.05, 0.1) is 0 Å². The minimum absolute atomic E-state index is 0.524. The minimum atomic E-state index is -0.649. The first-order valence-corrected chi connectivity index (χ1v) is 3.69. The molecule has 0 radical (unpaired) electrons. The van der Waals surface area contributed by atoms with Crippen LogP contribution in [-0.2, 0) is 4.79 Å². The number of carbonyl (C=O) groups is 1. The Balaban J connectivity index is 3.04. The van der Waals surface area contributed by atoms with Gasteiger partial charge in [0.15, 0.2) is 0 Å². The lowest BCUT2D eigenvalue weighted by atomic mass is 10.2. The van der Waals surface area contributed by atoms with Crippen molar-refractivity contribution in [1.82, 2.24) is 5.32 Å². The van der Waals surface area contributed by atoms with E-state index in [2.05, 4.69) is 12.2 Å². The molecular formula is C7H15NO2. The van der Waals surface area contributed by atoms with Crippen molar-refractivity contribution in [1.29, 1.82) is 0 Å². The molecule has 1 atom stereocenters. The number of aliphatic hydroxyl groups excluding tert-OH is 1. The summed E-state index contributed by atoms with van der Waals surface area (Å²) in [5, 5.41) is 11.2. The van der Waals surface area contributed by atoms with Gasteiger partial charge in [-0.15, -0.1) is 0 Å². The van der Waals surface area contributed by atoms with Gasteiger partial charge in [0.25, 0.3) is 0 Å². The summed E-state index contributed by atoms with van der Waals surface area (Å²) in [5.41, 5.74) is 0. The number of amides is 1. The topological polar surface area (TPSA) is 49.3 Å². The van der Waals surface area contributed by atoms with Crippen molar-refractivity contribution in [2.75, 3.05) is 0 Å². The summed E-state index contributed by atoms with van der Waals surface area (Å²) >= 11 is 0. The summed E-state index contributed by atoms with van der Waals surface area (Å²) in [4.78, 5) is 9.78. The van der Waals surface area contributed by atoms with Gasteiger partial charge in [-0.25, -0.2) is 0 Å². The van der Waals surface area contributed by atoms with Crippen molar-refractivity contribution in [3.63, 3.8) is 0 Å². The highest BCUT2D eigenvalue weighted by Gasteiger charge is 1.98. The zero-order valence-corrected chi connectivity index (χ0v) is 6.34. The molecule has 10 heavy (non-hydrogen) atoms. The van der Waals surface area contributed by atoms with E-state index in [1.54, 1.807) is 0 Å². The average Bonchev–Trinajstić information content (AvgIpc) is 1.89. The summed E-state index contributed by atoms with van der Waals surface area (Å²) in [7, 11) is 0. The van der Waals surface area contributed by atoms with Crippen LogP contribution in [0.5, 0.6) is 0 Å². The molecule has 0 aliphatic heterocycles. The fraction of sp³-hybridized carbons (Fsp3) is 0.857. The van der Waals surface area contributed by atoms with Gasteiger partial charge in [-0.2, -0.15) is 0 Å². The van der Waals surface area contributed by atoms with E-state index in [1.807, 2.05) is 0 Å². The third kappa shape index (κ3) is 5.56. The second-order valence-corrected chi connectivity index (χ2v) is 2.30. The van der Waals surface area contributed by atoms with Crippen molar-refractivity contribution in [3.05, 3.63) is 0 Å². The molecule has 0 saturated carbocycles. The van der Waals surface area contributed by atoms with E-state index in [1.165, 1.54) is 0 Å². The highest BCUT2D eigenvalue weighted by Crippen LogP contribution is 2.00. The molecule has 0 aromatic rings. The average molecular weight is 145 g/mol. The third-order valence-corrected chi connectivity index (χ3v) is 1.34. The Kier molecular flexibility index (Phi) is 6.18. The van der Waals surface area contributed by atoms with E-state index >= 15 is 0 Å². The molecule has 0 rings (SSSR count). The zero-order valence-electron chi connectivity index (χ0n) is 6.34. The highest BCUT2D eigenvalue weighted by atomic mass is 16.3. The summed E-state index contributed by atoms with van der Waals surface area (Å²) in [6, 6.07) is 0. The van der Waals surface area contributed by atoms with Crippen molar-refractivity contribution in [2.45, 2.75) is 38.8 Å². The molecule has 0 heterocycles. The van der Waals surface area contributed by atoms with Crippen molar-refractivity contribution >= 4 is 6.41 Å². The van der Waals surface area contributed by atoms with E-state index < -0.39 is 6.23 Å². The van der Waals surface area contributed by atoms with Gasteiger partial charge < -0.3 is 10.4 Å². The van der Waals surface area contributed by atoms with Crippen LogP contribution in [-0.4, -0.2) is 17.7 Å². The van der Waals surface area contributed by atoms with Gasteiger partial charge in [-0.3, -0.25) is 4.79 Å². The van der Waals surface area contributed by atoms with Gasteiger partial charge in [-0.1, -0.05) is 19.8 Å². The first-order valence-electron chi connectivity index (χ1n) is 3.69. The van der Waals surface area contributed by atoms with Crippen LogP contribution in [0.4, 0.5) is 0 Å². The summed E-state index contributed by atoms with van der Waals surface area (Å²) in [6.45, 7) is 2.10. The maximum absolute atomic E-state index is 9.78. The number of rotatable bonds is 6. The second kappa shape index (κ2) is 6.55. The number of hydrogen-bond acceptors (Lipinski definition) is 2. The number of aliphatic hydroxyl groups is 1. The minimum Gasteiger partial charge on any atom is -0.374 e. The molecule has 0 aromatic carbocycles. The normalized spacial score (nSPS) is 12.6. The number of carbonyl (C=O) groups excluding carboxylic acids is 1. The van der Waals surface area contributed by atoms with Crippen molar-refractivity contribution in [3.8, 4) is 0 Å². The lowest BCUT2D eigenvalue weighted by Crippen LogP contribution is -2.26. The van der Waals surface area contributed by atoms with Crippen LogP contribution in [0.2, 0.25) is 0 Å². The Hall–Kier alpha value is -0.570. The Morgan fingerprint density at radius 2 is 2.30 bits per heavy atom. The van der Waals surface area contributed by atoms with Crippen LogP contribution in [0.15, 0.2) is 0 Å². The number of unbranched alkanes of at least 4 members (excludes halogenated alkanes) is 2. The maximum atomic E-state index is 9.78. The Labute approximate surface area is 61.4 Å². The van der Waals surface area contributed by atoms with Crippen LogP contribution in [0.1, 0.15) is 32.6 Å². The van der Waals surface area contributed by atoms with E-state index in [4.69, 9.17) is 5.11 Å². The molecule has 0 fully saturated rings. The molecule has 0 saturated heterocycles.